The highest BCUT2D eigenvalue weighted by atomic mass is 16.4. The highest BCUT2D eigenvalue weighted by Crippen LogP contribution is 2.10. The van der Waals surface area contributed by atoms with E-state index in [4.69, 9.17) is 10.2 Å². The first-order chi connectivity index (χ1) is 9.13. The summed E-state index contributed by atoms with van der Waals surface area (Å²) >= 11 is 0. The van der Waals surface area contributed by atoms with Gasteiger partial charge in [-0.1, -0.05) is 12.8 Å². The smallest absolute Gasteiger partial charge is 0.328 e. The molecular formula is C13H24N2O4. The van der Waals surface area contributed by atoms with Gasteiger partial charge in [-0.2, -0.15) is 0 Å². The van der Waals surface area contributed by atoms with Gasteiger partial charge in [0, 0.05) is 6.42 Å². The fraction of sp³-hybridized carbons (Fsp3) is 0.846. The van der Waals surface area contributed by atoms with Gasteiger partial charge >= 0.3 is 5.97 Å². The van der Waals surface area contributed by atoms with E-state index in [1.165, 1.54) is 25.7 Å². The van der Waals surface area contributed by atoms with Crippen molar-refractivity contribution in [1.29, 1.82) is 0 Å². The summed E-state index contributed by atoms with van der Waals surface area (Å²) in [6, 6.07) is -1.19. The molecule has 0 unspecified atom stereocenters. The van der Waals surface area contributed by atoms with Crippen LogP contribution in [0.15, 0.2) is 0 Å². The molecular weight excluding hydrogens is 248 g/mol. The number of aliphatic hydroxyl groups excluding tert-OH is 1. The molecule has 0 saturated carbocycles. The van der Waals surface area contributed by atoms with Crippen molar-refractivity contribution in [2.75, 3.05) is 26.2 Å². The standard InChI is InChI=1S/C13H24N2O4/c16-10-11(13(18)19)14-12(17)6-5-9-15-7-3-1-2-4-8-15/h11,16H,1-10H2,(H,14,17)(H,18,19)/t11-/m1/s1. The van der Waals surface area contributed by atoms with E-state index in [-0.39, 0.29) is 5.91 Å². The molecule has 3 N–H and O–H groups in total. The van der Waals surface area contributed by atoms with Gasteiger partial charge in [-0.05, 0) is 38.9 Å². The molecule has 1 amide bonds. The molecule has 110 valence electrons. The van der Waals surface area contributed by atoms with Crippen molar-refractivity contribution in [3.63, 3.8) is 0 Å². The molecule has 6 nitrogen and oxygen atoms in total. The van der Waals surface area contributed by atoms with E-state index < -0.39 is 18.6 Å². The molecule has 0 spiro atoms. The van der Waals surface area contributed by atoms with Crippen LogP contribution in [0.1, 0.15) is 38.5 Å². The predicted octanol–water partition coefficient (Wildman–Crippen LogP) is 0.204. The number of carboxylic acid groups (broad SMARTS) is 1. The second-order valence-electron chi connectivity index (χ2n) is 5.00. The Kier molecular flexibility index (Phi) is 7.43. The number of aliphatic hydroxyl groups is 1. The number of hydrogen-bond donors (Lipinski definition) is 3. The van der Waals surface area contributed by atoms with Crippen LogP contribution in [0.25, 0.3) is 0 Å². The maximum atomic E-state index is 11.5. The Morgan fingerprint density at radius 2 is 1.79 bits per heavy atom. The highest BCUT2D eigenvalue weighted by molar-refractivity contribution is 5.83. The lowest BCUT2D eigenvalue weighted by atomic mass is 10.2. The van der Waals surface area contributed by atoms with Crippen LogP contribution >= 0.6 is 0 Å². The van der Waals surface area contributed by atoms with Gasteiger partial charge in [-0.3, -0.25) is 4.79 Å². The molecule has 0 aromatic heterocycles. The van der Waals surface area contributed by atoms with Gasteiger partial charge in [0.05, 0.1) is 6.61 Å². The number of carboxylic acids is 1. The average molecular weight is 272 g/mol. The van der Waals surface area contributed by atoms with Gasteiger partial charge in [0.1, 0.15) is 6.04 Å². The molecule has 1 aliphatic heterocycles. The van der Waals surface area contributed by atoms with Gasteiger partial charge in [0.25, 0.3) is 0 Å². The first kappa shape index (κ1) is 15.9. The minimum absolute atomic E-state index is 0.306. The molecule has 0 bridgehead atoms. The SMILES string of the molecule is O=C(CCCN1CCCCCC1)N[C@H](CO)C(=O)O. The lowest BCUT2D eigenvalue weighted by Crippen LogP contribution is -2.43. The predicted molar refractivity (Wildman–Crippen MR) is 70.8 cm³/mol. The van der Waals surface area contributed by atoms with Crippen molar-refractivity contribution < 1.29 is 19.8 Å². The topological polar surface area (TPSA) is 89.9 Å². The number of carbonyl (C=O) groups excluding carboxylic acids is 1. The maximum Gasteiger partial charge on any atom is 0.328 e. The van der Waals surface area contributed by atoms with E-state index in [0.717, 1.165) is 26.1 Å². The molecule has 1 fully saturated rings. The summed E-state index contributed by atoms with van der Waals surface area (Å²) in [5.41, 5.74) is 0. The first-order valence-corrected chi connectivity index (χ1v) is 6.99. The Hall–Kier alpha value is -1.14. The summed E-state index contributed by atoms with van der Waals surface area (Å²) in [6.45, 7) is 2.49. The van der Waals surface area contributed by atoms with Crippen LogP contribution in [-0.2, 0) is 9.59 Å². The molecule has 0 aliphatic carbocycles. The first-order valence-electron chi connectivity index (χ1n) is 6.99. The van der Waals surface area contributed by atoms with Crippen LogP contribution in [-0.4, -0.2) is 59.3 Å². The summed E-state index contributed by atoms with van der Waals surface area (Å²) in [7, 11) is 0. The number of nitrogens with one attached hydrogen (secondary N) is 1. The van der Waals surface area contributed by atoms with Crippen LogP contribution in [0.2, 0.25) is 0 Å². The van der Waals surface area contributed by atoms with E-state index in [9.17, 15) is 9.59 Å². The quantitative estimate of drug-likeness (QED) is 0.616. The summed E-state index contributed by atoms with van der Waals surface area (Å²) in [4.78, 5) is 24.5. The Morgan fingerprint density at radius 3 is 2.32 bits per heavy atom. The molecule has 1 heterocycles. The molecule has 0 radical (unpaired) electrons. The summed E-state index contributed by atoms with van der Waals surface area (Å²) in [5.74, 6) is -1.51. The van der Waals surface area contributed by atoms with E-state index in [1.807, 2.05) is 0 Å². The third-order valence-corrected chi connectivity index (χ3v) is 3.39. The number of likely N-dealkylation sites (tertiary alicyclic amines) is 1. The zero-order valence-corrected chi connectivity index (χ0v) is 11.3. The van der Waals surface area contributed by atoms with E-state index in [2.05, 4.69) is 10.2 Å². The van der Waals surface area contributed by atoms with Crippen LogP contribution in [0.4, 0.5) is 0 Å². The Labute approximate surface area is 113 Å². The van der Waals surface area contributed by atoms with Crippen LogP contribution in [0.5, 0.6) is 0 Å². The Balaban J connectivity index is 2.17. The fourth-order valence-corrected chi connectivity index (χ4v) is 2.27. The molecule has 1 atom stereocenters. The molecule has 19 heavy (non-hydrogen) atoms. The molecule has 0 aromatic carbocycles. The molecule has 1 saturated heterocycles. The highest BCUT2D eigenvalue weighted by Gasteiger charge is 2.18. The summed E-state index contributed by atoms with van der Waals surface area (Å²) in [5, 5.41) is 19.8. The number of hydrogen-bond acceptors (Lipinski definition) is 4. The van der Waals surface area contributed by atoms with E-state index in [0.29, 0.717) is 6.42 Å². The lowest BCUT2D eigenvalue weighted by Gasteiger charge is -2.19. The minimum Gasteiger partial charge on any atom is -0.480 e. The van der Waals surface area contributed by atoms with Gasteiger partial charge in [-0.25, -0.2) is 4.79 Å². The third-order valence-electron chi connectivity index (χ3n) is 3.39. The number of aliphatic carboxylic acids is 1. The van der Waals surface area contributed by atoms with Crippen molar-refractivity contribution in [2.24, 2.45) is 0 Å². The third kappa shape index (κ3) is 6.54. The summed E-state index contributed by atoms with van der Waals surface area (Å²) in [6.07, 6.45) is 6.04. The minimum atomic E-state index is -1.21. The normalized spacial score (nSPS) is 18.6. The maximum absolute atomic E-state index is 11.5. The molecule has 6 heteroatoms. The van der Waals surface area contributed by atoms with Gasteiger partial charge in [-0.15, -0.1) is 0 Å². The van der Waals surface area contributed by atoms with Crippen molar-refractivity contribution in [3.05, 3.63) is 0 Å². The molecule has 0 aromatic rings. The van der Waals surface area contributed by atoms with E-state index in [1.54, 1.807) is 0 Å². The van der Waals surface area contributed by atoms with Gasteiger partial charge < -0.3 is 20.4 Å². The number of amides is 1. The Bertz CT molecular complexity index is 288. The Morgan fingerprint density at radius 1 is 1.16 bits per heavy atom. The number of rotatable bonds is 7. The second-order valence-corrected chi connectivity index (χ2v) is 5.00. The lowest BCUT2D eigenvalue weighted by molar-refractivity contribution is -0.142. The number of nitrogens with zero attached hydrogens (tertiary/aromatic N) is 1. The van der Waals surface area contributed by atoms with Crippen molar-refractivity contribution >= 4 is 11.9 Å². The zero-order chi connectivity index (χ0) is 14.1. The van der Waals surface area contributed by atoms with Gasteiger partial charge in [0.2, 0.25) is 5.91 Å². The van der Waals surface area contributed by atoms with Crippen molar-refractivity contribution in [3.8, 4) is 0 Å². The van der Waals surface area contributed by atoms with Crippen LogP contribution in [0, 0.1) is 0 Å². The molecule has 1 aliphatic rings. The number of carbonyl (C=O) groups is 2. The largest absolute Gasteiger partial charge is 0.480 e. The fourth-order valence-electron chi connectivity index (χ4n) is 2.27. The van der Waals surface area contributed by atoms with Crippen molar-refractivity contribution in [1.82, 2.24) is 10.2 Å². The van der Waals surface area contributed by atoms with Crippen LogP contribution in [0.3, 0.4) is 0 Å². The van der Waals surface area contributed by atoms with E-state index >= 15 is 0 Å². The second kappa shape index (κ2) is 8.87. The monoisotopic (exact) mass is 272 g/mol. The van der Waals surface area contributed by atoms with Crippen LogP contribution < -0.4 is 5.32 Å². The zero-order valence-electron chi connectivity index (χ0n) is 11.3. The van der Waals surface area contributed by atoms with Gasteiger partial charge in [0.15, 0.2) is 0 Å². The average Bonchev–Trinajstić information content (AvgIpc) is 2.64. The van der Waals surface area contributed by atoms with Crippen molar-refractivity contribution in [2.45, 2.75) is 44.6 Å². The molecule has 1 rings (SSSR count). The summed E-state index contributed by atoms with van der Waals surface area (Å²) < 4.78 is 0.